The fourth-order valence-electron chi connectivity index (χ4n) is 3.59. The van der Waals surface area contributed by atoms with Gasteiger partial charge in [0, 0.05) is 11.5 Å². The standard InChI is InChI=1S/C23H23N3O2/c1-14(17-11-7-9-16-8-5-6-10-18(16)17)24-23-19-12-21(27-3)22(28-4)13-20(19)25-15(2)26-23/h5-14H,1-4H3,(H,24,25,26). The molecule has 1 unspecified atom stereocenters. The van der Waals surface area contributed by atoms with Crippen molar-refractivity contribution < 1.29 is 9.47 Å². The minimum atomic E-state index is 0.0664. The van der Waals surface area contributed by atoms with E-state index in [-0.39, 0.29) is 6.04 Å². The second-order valence-corrected chi connectivity index (χ2v) is 6.78. The van der Waals surface area contributed by atoms with Gasteiger partial charge in [-0.2, -0.15) is 0 Å². The maximum atomic E-state index is 5.47. The van der Waals surface area contributed by atoms with E-state index in [1.165, 1.54) is 16.3 Å². The van der Waals surface area contributed by atoms with Crippen LogP contribution in [0.25, 0.3) is 21.7 Å². The first-order valence-electron chi connectivity index (χ1n) is 9.25. The number of hydrogen-bond donors (Lipinski definition) is 1. The van der Waals surface area contributed by atoms with E-state index in [9.17, 15) is 0 Å². The van der Waals surface area contributed by atoms with Crippen LogP contribution in [0.2, 0.25) is 0 Å². The van der Waals surface area contributed by atoms with Gasteiger partial charge >= 0.3 is 0 Å². The summed E-state index contributed by atoms with van der Waals surface area (Å²) in [6.45, 7) is 4.04. The third kappa shape index (κ3) is 3.20. The molecule has 1 aromatic heterocycles. The number of anilines is 1. The highest BCUT2D eigenvalue weighted by molar-refractivity contribution is 5.92. The fraction of sp³-hybridized carbons (Fsp3) is 0.217. The van der Waals surface area contributed by atoms with E-state index in [4.69, 9.17) is 9.47 Å². The summed E-state index contributed by atoms with van der Waals surface area (Å²) in [5, 5.41) is 6.94. The van der Waals surface area contributed by atoms with Crippen molar-refractivity contribution in [1.29, 1.82) is 0 Å². The van der Waals surface area contributed by atoms with Crippen LogP contribution < -0.4 is 14.8 Å². The maximum absolute atomic E-state index is 5.47. The van der Waals surface area contributed by atoms with Gasteiger partial charge in [-0.1, -0.05) is 42.5 Å². The van der Waals surface area contributed by atoms with Crippen LogP contribution in [0.15, 0.2) is 54.6 Å². The number of nitrogens with one attached hydrogen (secondary N) is 1. The molecule has 0 radical (unpaired) electrons. The molecular weight excluding hydrogens is 350 g/mol. The Morgan fingerprint density at radius 2 is 1.57 bits per heavy atom. The van der Waals surface area contributed by atoms with E-state index >= 15 is 0 Å². The molecule has 5 heteroatoms. The second-order valence-electron chi connectivity index (χ2n) is 6.78. The van der Waals surface area contributed by atoms with Crippen LogP contribution in [-0.2, 0) is 0 Å². The van der Waals surface area contributed by atoms with Gasteiger partial charge in [0.2, 0.25) is 0 Å². The number of aromatic nitrogens is 2. The minimum absolute atomic E-state index is 0.0664. The SMILES string of the molecule is COc1cc2nc(C)nc(NC(C)c3cccc4ccccc34)c2cc1OC. The third-order valence-electron chi connectivity index (χ3n) is 4.96. The molecule has 1 N–H and O–H groups in total. The number of aryl methyl sites for hydroxylation is 1. The lowest BCUT2D eigenvalue weighted by molar-refractivity contribution is 0.356. The molecule has 142 valence electrons. The van der Waals surface area contributed by atoms with Gasteiger partial charge in [-0.15, -0.1) is 0 Å². The molecule has 0 aliphatic rings. The minimum Gasteiger partial charge on any atom is -0.493 e. The highest BCUT2D eigenvalue weighted by Gasteiger charge is 2.15. The summed E-state index contributed by atoms with van der Waals surface area (Å²) >= 11 is 0. The average Bonchev–Trinajstić information content (AvgIpc) is 2.72. The second kappa shape index (κ2) is 7.35. The Morgan fingerprint density at radius 3 is 2.36 bits per heavy atom. The third-order valence-corrected chi connectivity index (χ3v) is 4.96. The van der Waals surface area contributed by atoms with Crippen molar-refractivity contribution in [1.82, 2.24) is 9.97 Å². The molecule has 1 heterocycles. The largest absolute Gasteiger partial charge is 0.493 e. The molecule has 0 aliphatic carbocycles. The van der Waals surface area contributed by atoms with Crippen LogP contribution in [0.1, 0.15) is 24.4 Å². The first kappa shape index (κ1) is 18.0. The van der Waals surface area contributed by atoms with Crippen LogP contribution in [0.3, 0.4) is 0 Å². The number of methoxy groups -OCH3 is 2. The van der Waals surface area contributed by atoms with Gasteiger partial charge in [-0.25, -0.2) is 9.97 Å². The first-order valence-corrected chi connectivity index (χ1v) is 9.25. The normalized spacial score (nSPS) is 12.1. The molecule has 5 nitrogen and oxygen atoms in total. The van der Waals surface area contributed by atoms with Gasteiger partial charge in [0.15, 0.2) is 11.5 Å². The molecule has 0 amide bonds. The number of benzene rings is 3. The molecule has 0 saturated heterocycles. The Hall–Kier alpha value is -3.34. The Balaban J connectivity index is 1.80. The van der Waals surface area contributed by atoms with Crippen LogP contribution in [-0.4, -0.2) is 24.2 Å². The number of rotatable bonds is 5. The smallest absolute Gasteiger partial charge is 0.162 e. The van der Waals surface area contributed by atoms with Gasteiger partial charge in [-0.05, 0) is 36.2 Å². The lowest BCUT2D eigenvalue weighted by Gasteiger charge is -2.19. The summed E-state index contributed by atoms with van der Waals surface area (Å²) in [6.07, 6.45) is 0. The quantitative estimate of drug-likeness (QED) is 0.516. The molecule has 28 heavy (non-hydrogen) atoms. The van der Waals surface area contributed by atoms with Gasteiger partial charge in [0.1, 0.15) is 11.6 Å². The Kier molecular flexibility index (Phi) is 4.74. The number of hydrogen-bond acceptors (Lipinski definition) is 5. The summed E-state index contributed by atoms with van der Waals surface area (Å²) in [7, 11) is 3.25. The van der Waals surface area contributed by atoms with Crippen molar-refractivity contribution >= 4 is 27.5 Å². The molecule has 1 atom stereocenters. The Labute approximate surface area is 164 Å². The lowest BCUT2D eigenvalue weighted by atomic mass is 9.99. The lowest BCUT2D eigenvalue weighted by Crippen LogP contribution is -2.10. The predicted octanol–water partition coefficient (Wildman–Crippen LogP) is 5.28. The summed E-state index contributed by atoms with van der Waals surface area (Å²) in [5.41, 5.74) is 2.04. The van der Waals surface area contributed by atoms with Crippen molar-refractivity contribution in [3.63, 3.8) is 0 Å². The predicted molar refractivity (Wildman–Crippen MR) is 113 cm³/mol. The van der Waals surface area contributed by atoms with Gasteiger partial charge < -0.3 is 14.8 Å². The fourth-order valence-corrected chi connectivity index (χ4v) is 3.59. The van der Waals surface area contributed by atoms with E-state index in [0.717, 1.165) is 16.7 Å². The topological polar surface area (TPSA) is 56.3 Å². The van der Waals surface area contributed by atoms with E-state index in [1.807, 2.05) is 19.1 Å². The molecule has 0 saturated carbocycles. The summed E-state index contributed by atoms with van der Waals surface area (Å²) in [5.74, 6) is 2.79. The van der Waals surface area contributed by atoms with Gasteiger partial charge in [0.25, 0.3) is 0 Å². The van der Waals surface area contributed by atoms with Crippen molar-refractivity contribution in [2.24, 2.45) is 0 Å². The first-order chi connectivity index (χ1) is 13.6. The van der Waals surface area contributed by atoms with Gasteiger partial charge in [-0.3, -0.25) is 0 Å². The molecule has 3 aromatic carbocycles. The summed E-state index contributed by atoms with van der Waals surface area (Å²) in [4.78, 5) is 9.22. The molecule has 0 spiro atoms. The van der Waals surface area contributed by atoms with E-state index < -0.39 is 0 Å². The number of fused-ring (bicyclic) bond motifs is 2. The summed E-state index contributed by atoms with van der Waals surface area (Å²) in [6, 6.07) is 18.7. The molecule has 4 rings (SSSR count). The average molecular weight is 373 g/mol. The van der Waals surface area contributed by atoms with Gasteiger partial charge in [0.05, 0.1) is 25.8 Å². The van der Waals surface area contributed by atoms with Crippen LogP contribution >= 0.6 is 0 Å². The zero-order valence-corrected chi connectivity index (χ0v) is 16.5. The monoisotopic (exact) mass is 373 g/mol. The molecule has 0 fully saturated rings. The van der Waals surface area contributed by atoms with Crippen molar-refractivity contribution in [3.05, 3.63) is 66.0 Å². The molecule has 4 aromatic rings. The zero-order chi connectivity index (χ0) is 19.7. The van der Waals surface area contributed by atoms with Crippen molar-refractivity contribution in [2.75, 3.05) is 19.5 Å². The van der Waals surface area contributed by atoms with Crippen LogP contribution in [0.4, 0.5) is 5.82 Å². The number of ether oxygens (including phenoxy) is 2. The van der Waals surface area contributed by atoms with Crippen LogP contribution in [0.5, 0.6) is 11.5 Å². The highest BCUT2D eigenvalue weighted by atomic mass is 16.5. The van der Waals surface area contributed by atoms with E-state index in [0.29, 0.717) is 17.3 Å². The molecular formula is C23H23N3O2. The number of nitrogens with zero attached hydrogens (tertiary/aromatic N) is 2. The van der Waals surface area contributed by atoms with Crippen LogP contribution in [0, 0.1) is 6.92 Å². The zero-order valence-electron chi connectivity index (χ0n) is 16.5. The van der Waals surface area contributed by atoms with E-state index in [2.05, 4.69) is 64.7 Å². The maximum Gasteiger partial charge on any atom is 0.162 e. The van der Waals surface area contributed by atoms with Crippen molar-refractivity contribution in [3.8, 4) is 11.5 Å². The van der Waals surface area contributed by atoms with Crippen molar-refractivity contribution in [2.45, 2.75) is 19.9 Å². The Bertz CT molecular complexity index is 1150. The molecule has 0 aliphatic heterocycles. The Morgan fingerprint density at radius 1 is 0.857 bits per heavy atom. The summed E-state index contributed by atoms with van der Waals surface area (Å²) < 4.78 is 10.9. The molecule has 0 bridgehead atoms. The van der Waals surface area contributed by atoms with E-state index in [1.54, 1.807) is 14.2 Å². The highest BCUT2D eigenvalue weighted by Crippen LogP contribution is 2.35.